The van der Waals surface area contributed by atoms with E-state index < -0.39 is 0 Å². The Bertz CT molecular complexity index is 377. The van der Waals surface area contributed by atoms with E-state index in [1.807, 2.05) is 7.05 Å². The first-order chi connectivity index (χ1) is 8.35. The lowest BCUT2D eigenvalue weighted by Gasteiger charge is -2.13. The lowest BCUT2D eigenvalue weighted by atomic mass is 10.0. The second-order valence-corrected chi connectivity index (χ2v) is 4.33. The zero-order valence-corrected chi connectivity index (χ0v) is 10.7. The number of aryl methyl sites for hydroxylation is 1. The number of likely N-dealkylation sites (N-methyl/N-ethyl adjacent to an activating group) is 1. The van der Waals surface area contributed by atoms with Crippen molar-refractivity contribution < 1.29 is 9.47 Å². The highest BCUT2D eigenvalue weighted by Gasteiger charge is 2.13. The third-order valence-corrected chi connectivity index (χ3v) is 3.10. The zero-order chi connectivity index (χ0) is 12.1. The van der Waals surface area contributed by atoms with Gasteiger partial charge in [-0.05, 0) is 49.7 Å². The molecular formula is C14H21NO2. The molecule has 0 aromatic heterocycles. The van der Waals surface area contributed by atoms with Gasteiger partial charge in [-0.15, -0.1) is 0 Å². The SMILES string of the molecule is CCc1cc2c(cc1CCNC)OCCCO2. The summed E-state index contributed by atoms with van der Waals surface area (Å²) >= 11 is 0. The van der Waals surface area contributed by atoms with Gasteiger partial charge in [-0.3, -0.25) is 0 Å². The van der Waals surface area contributed by atoms with Crippen LogP contribution in [0.15, 0.2) is 12.1 Å². The van der Waals surface area contributed by atoms with Gasteiger partial charge in [0, 0.05) is 6.42 Å². The highest BCUT2D eigenvalue weighted by Crippen LogP contribution is 2.33. The molecule has 3 nitrogen and oxygen atoms in total. The van der Waals surface area contributed by atoms with Crippen molar-refractivity contribution in [1.82, 2.24) is 5.32 Å². The molecule has 2 rings (SSSR count). The minimum absolute atomic E-state index is 0.754. The second-order valence-electron chi connectivity index (χ2n) is 4.33. The Kier molecular flexibility index (Phi) is 4.26. The summed E-state index contributed by atoms with van der Waals surface area (Å²) in [5.41, 5.74) is 2.73. The predicted octanol–water partition coefficient (Wildman–Crippen LogP) is 2.17. The van der Waals surface area contributed by atoms with Crippen LogP contribution in [0.25, 0.3) is 0 Å². The van der Waals surface area contributed by atoms with Crippen molar-refractivity contribution in [3.05, 3.63) is 23.3 Å². The van der Waals surface area contributed by atoms with Crippen molar-refractivity contribution in [2.75, 3.05) is 26.8 Å². The average Bonchev–Trinajstić information content (AvgIpc) is 2.59. The molecule has 0 unspecified atom stereocenters. The Morgan fingerprint density at radius 1 is 1.12 bits per heavy atom. The maximum atomic E-state index is 5.72. The van der Waals surface area contributed by atoms with Crippen LogP contribution in [0.2, 0.25) is 0 Å². The van der Waals surface area contributed by atoms with Crippen molar-refractivity contribution in [2.24, 2.45) is 0 Å². The molecule has 1 heterocycles. The standard InChI is InChI=1S/C14H21NO2/c1-3-11-9-13-14(17-8-4-7-16-13)10-12(11)5-6-15-2/h9-10,15H,3-8H2,1-2H3. The Balaban J connectivity index is 2.28. The molecule has 1 aromatic rings. The Morgan fingerprint density at radius 3 is 2.35 bits per heavy atom. The van der Waals surface area contributed by atoms with Crippen LogP contribution in [0.4, 0.5) is 0 Å². The molecule has 0 spiro atoms. The van der Waals surface area contributed by atoms with Crippen LogP contribution in [-0.2, 0) is 12.8 Å². The van der Waals surface area contributed by atoms with Crippen LogP contribution in [0, 0.1) is 0 Å². The topological polar surface area (TPSA) is 30.5 Å². The second kappa shape index (κ2) is 5.92. The van der Waals surface area contributed by atoms with E-state index in [4.69, 9.17) is 9.47 Å². The van der Waals surface area contributed by atoms with Gasteiger partial charge < -0.3 is 14.8 Å². The number of hydrogen-bond donors (Lipinski definition) is 1. The molecule has 0 aliphatic carbocycles. The molecule has 1 aromatic carbocycles. The molecule has 3 heteroatoms. The van der Waals surface area contributed by atoms with E-state index in [0.29, 0.717) is 0 Å². The van der Waals surface area contributed by atoms with E-state index in [1.54, 1.807) is 0 Å². The largest absolute Gasteiger partial charge is 0.490 e. The van der Waals surface area contributed by atoms with Crippen LogP contribution >= 0.6 is 0 Å². The molecule has 0 amide bonds. The normalized spacial score (nSPS) is 14.5. The monoisotopic (exact) mass is 235 g/mol. The summed E-state index contributed by atoms with van der Waals surface area (Å²) in [6.07, 6.45) is 3.04. The third-order valence-electron chi connectivity index (χ3n) is 3.10. The smallest absolute Gasteiger partial charge is 0.161 e. The van der Waals surface area contributed by atoms with Crippen molar-refractivity contribution in [2.45, 2.75) is 26.2 Å². The molecule has 0 bridgehead atoms. The number of rotatable bonds is 4. The highest BCUT2D eigenvalue weighted by molar-refractivity contribution is 5.48. The molecule has 0 saturated carbocycles. The molecule has 17 heavy (non-hydrogen) atoms. The number of hydrogen-bond acceptors (Lipinski definition) is 3. The molecule has 94 valence electrons. The van der Waals surface area contributed by atoms with Crippen molar-refractivity contribution in [3.8, 4) is 11.5 Å². The summed E-state index contributed by atoms with van der Waals surface area (Å²) in [5, 5.41) is 3.19. The lowest BCUT2D eigenvalue weighted by molar-refractivity contribution is 0.297. The van der Waals surface area contributed by atoms with Gasteiger partial charge in [-0.1, -0.05) is 6.92 Å². The fourth-order valence-electron chi connectivity index (χ4n) is 2.11. The summed E-state index contributed by atoms with van der Waals surface area (Å²) in [7, 11) is 1.98. The first-order valence-electron chi connectivity index (χ1n) is 6.41. The van der Waals surface area contributed by atoms with E-state index >= 15 is 0 Å². The van der Waals surface area contributed by atoms with Gasteiger partial charge in [-0.2, -0.15) is 0 Å². The zero-order valence-electron chi connectivity index (χ0n) is 10.7. The average molecular weight is 235 g/mol. The first kappa shape index (κ1) is 12.2. The molecule has 1 aliphatic heterocycles. The third kappa shape index (κ3) is 2.91. The van der Waals surface area contributed by atoms with Gasteiger partial charge in [0.25, 0.3) is 0 Å². The number of ether oxygens (including phenoxy) is 2. The summed E-state index contributed by atoms with van der Waals surface area (Å²) in [6, 6.07) is 4.29. The summed E-state index contributed by atoms with van der Waals surface area (Å²) in [4.78, 5) is 0. The van der Waals surface area contributed by atoms with Crippen LogP contribution in [0.3, 0.4) is 0 Å². The van der Waals surface area contributed by atoms with Crippen LogP contribution in [0.5, 0.6) is 11.5 Å². The van der Waals surface area contributed by atoms with Gasteiger partial charge in [0.2, 0.25) is 0 Å². The molecule has 0 fully saturated rings. The lowest BCUT2D eigenvalue weighted by Crippen LogP contribution is -2.11. The van der Waals surface area contributed by atoms with Crippen LogP contribution in [0.1, 0.15) is 24.5 Å². The summed E-state index contributed by atoms with van der Waals surface area (Å²) in [5.74, 6) is 1.82. The highest BCUT2D eigenvalue weighted by atomic mass is 16.5. The van der Waals surface area contributed by atoms with E-state index in [1.165, 1.54) is 11.1 Å². The number of benzene rings is 1. The maximum Gasteiger partial charge on any atom is 0.161 e. The van der Waals surface area contributed by atoms with Gasteiger partial charge in [-0.25, -0.2) is 0 Å². The first-order valence-corrected chi connectivity index (χ1v) is 6.41. The van der Waals surface area contributed by atoms with Crippen LogP contribution < -0.4 is 14.8 Å². The quantitative estimate of drug-likeness (QED) is 0.867. The number of nitrogens with one attached hydrogen (secondary N) is 1. The molecule has 0 atom stereocenters. The van der Waals surface area contributed by atoms with E-state index in [0.717, 1.165) is 50.5 Å². The van der Waals surface area contributed by atoms with E-state index in [2.05, 4.69) is 24.4 Å². The Labute approximate surface area is 103 Å². The molecule has 1 N–H and O–H groups in total. The van der Waals surface area contributed by atoms with Gasteiger partial charge in [0.05, 0.1) is 13.2 Å². The Morgan fingerprint density at radius 2 is 1.76 bits per heavy atom. The fourth-order valence-corrected chi connectivity index (χ4v) is 2.11. The van der Waals surface area contributed by atoms with Gasteiger partial charge >= 0.3 is 0 Å². The minimum Gasteiger partial charge on any atom is -0.490 e. The molecular weight excluding hydrogens is 214 g/mol. The van der Waals surface area contributed by atoms with Crippen LogP contribution in [-0.4, -0.2) is 26.8 Å². The molecule has 0 radical (unpaired) electrons. The van der Waals surface area contributed by atoms with Gasteiger partial charge in [0.15, 0.2) is 11.5 Å². The maximum absolute atomic E-state index is 5.72. The summed E-state index contributed by atoms with van der Waals surface area (Å²) in [6.45, 7) is 4.69. The Hall–Kier alpha value is -1.22. The predicted molar refractivity (Wildman–Crippen MR) is 69.1 cm³/mol. The minimum atomic E-state index is 0.754. The fraction of sp³-hybridized carbons (Fsp3) is 0.571. The number of fused-ring (bicyclic) bond motifs is 1. The molecule has 1 aliphatic rings. The van der Waals surface area contributed by atoms with Crippen molar-refractivity contribution in [3.63, 3.8) is 0 Å². The van der Waals surface area contributed by atoms with Gasteiger partial charge in [0.1, 0.15) is 0 Å². The van der Waals surface area contributed by atoms with E-state index in [-0.39, 0.29) is 0 Å². The van der Waals surface area contributed by atoms with Crippen molar-refractivity contribution in [1.29, 1.82) is 0 Å². The van der Waals surface area contributed by atoms with Crippen molar-refractivity contribution >= 4 is 0 Å². The van der Waals surface area contributed by atoms with E-state index in [9.17, 15) is 0 Å². The molecule has 0 saturated heterocycles. The summed E-state index contributed by atoms with van der Waals surface area (Å²) < 4.78 is 11.4.